The van der Waals surface area contributed by atoms with E-state index in [0.29, 0.717) is 12.0 Å². The van der Waals surface area contributed by atoms with Gasteiger partial charge in [0.2, 0.25) is 5.95 Å². The molecule has 3 nitrogen and oxygen atoms in total. The van der Waals surface area contributed by atoms with Crippen molar-refractivity contribution in [2.45, 2.75) is 45.6 Å². The zero-order chi connectivity index (χ0) is 13.9. The van der Waals surface area contributed by atoms with Gasteiger partial charge in [-0.3, -0.25) is 0 Å². The Bertz CT molecular complexity index is 658. The predicted molar refractivity (Wildman–Crippen MR) is 82.5 cm³/mol. The van der Waals surface area contributed by atoms with E-state index >= 15 is 0 Å². The highest BCUT2D eigenvalue weighted by Crippen LogP contribution is 2.52. The van der Waals surface area contributed by atoms with E-state index in [1.54, 1.807) is 0 Å². The van der Waals surface area contributed by atoms with Gasteiger partial charge < -0.3 is 10.3 Å². The molecule has 2 aromatic rings. The molecule has 4 unspecified atom stereocenters. The minimum Gasteiger partial charge on any atom is -0.369 e. The molecule has 2 aliphatic carbocycles. The largest absolute Gasteiger partial charge is 0.369 e. The summed E-state index contributed by atoms with van der Waals surface area (Å²) in [5.41, 5.74) is 9.70. The molecular formula is C17H23N3. The lowest BCUT2D eigenvalue weighted by Crippen LogP contribution is -2.23. The molecule has 2 saturated carbocycles. The van der Waals surface area contributed by atoms with Crippen molar-refractivity contribution in [2.24, 2.45) is 17.8 Å². The number of nitrogens with two attached hydrogens (primary N) is 1. The number of rotatable bonds is 2. The molecule has 0 aliphatic heterocycles. The molecule has 0 spiro atoms. The molecule has 106 valence electrons. The van der Waals surface area contributed by atoms with Gasteiger partial charge in [0.05, 0.1) is 11.0 Å². The number of fused-ring (bicyclic) bond motifs is 3. The van der Waals surface area contributed by atoms with Gasteiger partial charge in [-0.25, -0.2) is 4.98 Å². The number of nitrogens with zero attached hydrogens (tertiary/aromatic N) is 2. The molecule has 2 aliphatic rings. The third-order valence-electron chi connectivity index (χ3n) is 5.69. The fourth-order valence-electron chi connectivity index (χ4n) is 4.73. The summed E-state index contributed by atoms with van der Waals surface area (Å²) >= 11 is 0. The number of imidazole rings is 1. The van der Waals surface area contributed by atoms with Crippen LogP contribution in [-0.4, -0.2) is 9.55 Å². The van der Waals surface area contributed by atoms with Crippen LogP contribution in [0, 0.1) is 24.7 Å². The van der Waals surface area contributed by atoms with Gasteiger partial charge in [-0.15, -0.1) is 0 Å². The average molecular weight is 269 g/mol. The molecule has 1 aromatic heterocycles. The molecule has 4 rings (SSSR count). The maximum absolute atomic E-state index is 6.22. The van der Waals surface area contributed by atoms with E-state index in [4.69, 9.17) is 5.73 Å². The lowest BCUT2D eigenvalue weighted by Gasteiger charge is -2.29. The van der Waals surface area contributed by atoms with Crippen molar-refractivity contribution in [3.05, 3.63) is 23.8 Å². The van der Waals surface area contributed by atoms with E-state index in [0.717, 1.165) is 23.3 Å². The minimum atomic E-state index is 0.470. The Morgan fingerprint density at radius 1 is 1.30 bits per heavy atom. The monoisotopic (exact) mass is 269 g/mol. The first-order chi connectivity index (χ1) is 9.63. The fraction of sp³-hybridized carbons (Fsp3) is 0.588. The highest BCUT2D eigenvalue weighted by molar-refractivity contribution is 5.79. The molecule has 3 heteroatoms. The Kier molecular flexibility index (Phi) is 2.60. The van der Waals surface area contributed by atoms with E-state index in [1.807, 2.05) is 0 Å². The van der Waals surface area contributed by atoms with Crippen molar-refractivity contribution in [1.82, 2.24) is 9.55 Å². The highest BCUT2D eigenvalue weighted by atomic mass is 15.2. The summed E-state index contributed by atoms with van der Waals surface area (Å²) in [5, 5.41) is 0. The van der Waals surface area contributed by atoms with Crippen LogP contribution in [0.3, 0.4) is 0 Å². The lowest BCUT2D eigenvalue weighted by molar-refractivity contribution is 0.248. The van der Waals surface area contributed by atoms with E-state index in [2.05, 4.69) is 41.6 Å². The number of anilines is 1. The molecular weight excluding hydrogens is 246 g/mol. The van der Waals surface area contributed by atoms with Crippen LogP contribution < -0.4 is 5.73 Å². The maximum atomic E-state index is 6.22. The third-order valence-corrected chi connectivity index (χ3v) is 5.69. The maximum Gasteiger partial charge on any atom is 0.201 e. The van der Waals surface area contributed by atoms with Crippen molar-refractivity contribution < 1.29 is 0 Å². The van der Waals surface area contributed by atoms with Crippen LogP contribution in [0.4, 0.5) is 5.95 Å². The molecule has 0 saturated heterocycles. The SMILES string of the molecule is Cc1ccc2c(c1)nc(N)n2C(C)C1CC2CCC1C2. The van der Waals surface area contributed by atoms with Crippen LogP contribution in [0.5, 0.6) is 0 Å². The standard InChI is InChI=1S/C17H23N3/c1-10-3-6-16-15(7-10)19-17(18)20(16)11(2)14-9-12-4-5-13(14)8-12/h3,6-7,11-14H,4-5,8-9H2,1-2H3,(H2,18,19). The molecule has 0 radical (unpaired) electrons. The molecule has 1 aromatic carbocycles. The van der Waals surface area contributed by atoms with Gasteiger partial charge in [0.15, 0.2) is 0 Å². The summed E-state index contributed by atoms with van der Waals surface area (Å²) in [6.45, 7) is 4.44. The molecule has 2 fully saturated rings. The van der Waals surface area contributed by atoms with E-state index in [9.17, 15) is 0 Å². The summed E-state index contributed by atoms with van der Waals surface area (Å²) in [6, 6.07) is 6.94. The van der Waals surface area contributed by atoms with Gasteiger partial charge in [0, 0.05) is 6.04 Å². The first kappa shape index (κ1) is 12.2. The van der Waals surface area contributed by atoms with Gasteiger partial charge in [-0.2, -0.15) is 0 Å². The van der Waals surface area contributed by atoms with Gasteiger partial charge in [-0.05, 0) is 68.6 Å². The van der Waals surface area contributed by atoms with Crippen LogP contribution in [0.2, 0.25) is 0 Å². The topological polar surface area (TPSA) is 43.8 Å². The second-order valence-corrected chi connectivity index (χ2v) is 6.91. The molecule has 2 bridgehead atoms. The Morgan fingerprint density at radius 3 is 2.85 bits per heavy atom. The van der Waals surface area contributed by atoms with Crippen LogP contribution >= 0.6 is 0 Å². The lowest BCUT2D eigenvalue weighted by atomic mass is 9.84. The van der Waals surface area contributed by atoms with Crippen molar-refractivity contribution in [1.29, 1.82) is 0 Å². The van der Waals surface area contributed by atoms with E-state index in [-0.39, 0.29) is 0 Å². The Labute approximate surface area is 120 Å². The second kappa shape index (κ2) is 4.24. The highest BCUT2D eigenvalue weighted by Gasteiger charge is 2.42. The fourth-order valence-corrected chi connectivity index (χ4v) is 4.73. The summed E-state index contributed by atoms with van der Waals surface area (Å²) in [6.07, 6.45) is 5.70. The number of aromatic nitrogens is 2. The first-order valence-electron chi connectivity index (χ1n) is 7.87. The Morgan fingerprint density at radius 2 is 2.15 bits per heavy atom. The van der Waals surface area contributed by atoms with Crippen LogP contribution in [0.1, 0.15) is 44.2 Å². The van der Waals surface area contributed by atoms with Gasteiger partial charge in [-0.1, -0.05) is 12.5 Å². The molecule has 1 heterocycles. The second-order valence-electron chi connectivity index (χ2n) is 6.91. The van der Waals surface area contributed by atoms with Crippen molar-refractivity contribution in [3.8, 4) is 0 Å². The predicted octanol–water partition coefficient (Wildman–Crippen LogP) is 3.92. The normalized spacial score (nSPS) is 30.2. The molecule has 20 heavy (non-hydrogen) atoms. The zero-order valence-corrected chi connectivity index (χ0v) is 12.3. The van der Waals surface area contributed by atoms with Crippen LogP contribution in [-0.2, 0) is 0 Å². The minimum absolute atomic E-state index is 0.470. The summed E-state index contributed by atoms with van der Waals surface area (Å²) in [5.74, 6) is 3.36. The molecule has 2 N–H and O–H groups in total. The molecule has 4 atom stereocenters. The van der Waals surface area contributed by atoms with Crippen LogP contribution in [0.15, 0.2) is 18.2 Å². The summed E-state index contributed by atoms with van der Waals surface area (Å²) < 4.78 is 2.28. The Balaban J connectivity index is 1.76. The third kappa shape index (κ3) is 1.68. The average Bonchev–Trinajstić information content (AvgIpc) is 3.10. The zero-order valence-electron chi connectivity index (χ0n) is 12.3. The summed E-state index contributed by atoms with van der Waals surface area (Å²) in [4.78, 5) is 4.57. The smallest absolute Gasteiger partial charge is 0.201 e. The van der Waals surface area contributed by atoms with Crippen LogP contribution in [0.25, 0.3) is 11.0 Å². The number of hydrogen-bond donors (Lipinski definition) is 1. The number of aryl methyl sites for hydroxylation is 1. The summed E-state index contributed by atoms with van der Waals surface area (Å²) in [7, 11) is 0. The number of nitrogen functional groups attached to an aromatic ring is 1. The first-order valence-corrected chi connectivity index (χ1v) is 7.87. The van der Waals surface area contributed by atoms with Crippen molar-refractivity contribution >= 4 is 17.0 Å². The van der Waals surface area contributed by atoms with E-state index in [1.165, 1.54) is 36.8 Å². The van der Waals surface area contributed by atoms with Gasteiger partial charge in [0.1, 0.15) is 0 Å². The van der Waals surface area contributed by atoms with Crippen molar-refractivity contribution in [2.75, 3.05) is 5.73 Å². The van der Waals surface area contributed by atoms with Gasteiger partial charge in [0.25, 0.3) is 0 Å². The number of hydrogen-bond acceptors (Lipinski definition) is 2. The van der Waals surface area contributed by atoms with Crippen molar-refractivity contribution in [3.63, 3.8) is 0 Å². The van der Waals surface area contributed by atoms with Gasteiger partial charge >= 0.3 is 0 Å². The number of benzene rings is 1. The Hall–Kier alpha value is -1.51. The quantitative estimate of drug-likeness (QED) is 0.898. The van der Waals surface area contributed by atoms with E-state index < -0.39 is 0 Å². The molecule has 0 amide bonds.